The fourth-order valence-electron chi connectivity index (χ4n) is 2.01. The second-order valence-corrected chi connectivity index (χ2v) is 5.45. The van der Waals surface area contributed by atoms with E-state index in [1.807, 2.05) is 6.92 Å². The zero-order chi connectivity index (χ0) is 19.6. The van der Waals surface area contributed by atoms with Crippen LogP contribution in [0.15, 0.2) is 48.5 Å². The van der Waals surface area contributed by atoms with Crippen LogP contribution in [0.25, 0.3) is 0 Å². The van der Waals surface area contributed by atoms with Gasteiger partial charge in [-0.3, -0.25) is 20.4 Å². The number of amides is 2. The van der Waals surface area contributed by atoms with Crippen molar-refractivity contribution in [2.75, 3.05) is 13.2 Å². The third-order valence-corrected chi connectivity index (χ3v) is 3.31. The summed E-state index contributed by atoms with van der Waals surface area (Å²) in [7, 11) is 0. The summed E-state index contributed by atoms with van der Waals surface area (Å²) in [5.41, 5.74) is 4.44. The van der Waals surface area contributed by atoms with Crippen LogP contribution in [0.5, 0.6) is 17.2 Å². The van der Waals surface area contributed by atoms with Gasteiger partial charge in [0.1, 0.15) is 23.1 Å². The second kappa shape index (κ2) is 10.0. The molecule has 27 heavy (non-hydrogen) atoms. The number of halogens is 1. The van der Waals surface area contributed by atoms with Gasteiger partial charge < -0.3 is 14.2 Å². The third kappa shape index (κ3) is 6.85. The van der Waals surface area contributed by atoms with Gasteiger partial charge in [-0.25, -0.2) is 4.39 Å². The summed E-state index contributed by atoms with van der Waals surface area (Å²) in [6.07, 6.45) is -0.840. The summed E-state index contributed by atoms with van der Waals surface area (Å²) in [5, 5.41) is 0. The van der Waals surface area contributed by atoms with Crippen LogP contribution in [0.4, 0.5) is 4.39 Å². The van der Waals surface area contributed by atoms with E-state index in [2.05, 4.69) is 10.9 Å². The molecule has 0 aromatic heterocycles. The minimum absolute atomic E-state index is 0.212. The van der Waals surface area contributed by atoms with Crippen LogP contribution in [0.2, 0.25) is 0 Å². The number of hydrazine groups is 1. The predicted octanol–water partition coefficient (Wildman–Crippen LogP) is 2.22. The Hall–Kier alpha value is -3.29. The van der Waals surface area contributed by atoms with Crippen LogP contribution in [-0.4, -0.2) is 31.1 Å². The predicted molar refractivity (Wildman–Crippen MR) is 95.9 cm³/mol. The average Bonchev–Trinajstić information content (AvgIpc) is 2.66. The monoisotopic (exact) mass is 376 g/mol. The number of benzene rings is 2. The van der Waals surface area contributed by atoms with Gasteiger partial charge in [0.25, 0.3) is 11.8 Å². The molecule has 0 saturated heterocycles. The van der Waals surface area contributed by atoms with E-state index in [0.29, 0.717) is 18.1 Å². The van der Waals surface area contributed by atoms with Gasteiger partial charge in [0.15, 0.2) is 12.7 Å². The molecule has 2 N–H and O–H groups in total. The Kier molecular flexibility index (Phi) is 7.42. The molecule has 8 heteroatoms. The largest absolute Gasteiger partial charge is 0.494 e. The van der Waals surface area contributed by atoms with Crippen LogP contribution in [-0.2, 0) is 9.59 Å². The lowest BCUT2D eigenvalue weighted by atomic mass is 10.3. The van der Waals surface area contributed by atoms with E-state index in [9.17, 15) is 14.0 Å². The minimum Gasteiger partial charge on any atom is -0.494 e. The summed E-state index contributed by atoms with van der Waals surface area (Å²) in [6, 6.07) is 12.2. The fourth-order valence-corrected chi connectivity index (χ4v) is 2.01. The molecule has 2 amide bonds. The average molecular weight is 376 g/mol. The van der Waals surface area contributed by atoms with Crippen molar-refractivity contribution in [2.24, 2.45) is 0 Å². The van der Waals surface area contributed by atoms with Crippen molar-refractivity contribution in [2.45, 2.75) is 20.0 Å². The molecular formula is C19H21FN2O5. The highest BCUT2D eigenvalue weighted by molar-refractivity contribution is 5.85. The van der Waals surface area contributed by atoms with Crippen molar-refractivity contribution in [3.05, 3.63) is 54.3 Å². The molecule has 0 aliphatic heterocycles. The smallest absolute Gasteiger partial charge is 0.279 e. The second-order valence-electron chi connectivity index (χ2n) is 5.45. The van der Waals surface area contributed by atoms with Gasteiger partial charge in [0.2, 0.25) is 0 Å². The molecule has 0 spiro atoms. The first kappa shape index (κ1) is 20.0. The van der Waals surface area contributed by atoms with Crippen LogP contribution in [0.3, 0.4) is 0 Å². The lowest BCUT2D eigenvalue weighted by molar-refractivity contribution is -0.133. The normalized spacial score (nSPS) is 11.2. The highest BCUT2D eigenvalue weighted by atomic mass is 19.1. The van der Waals surface area contributed by atoms with Crippen LogP contribution >= 0.6 is 0 Å². The molecule has 0 heterocycles. The zero-order valence-electron chi connectivity index (χ0n) is 15.0. The molecule has 1 atom stereocenters. The number of hydrogen-bond donors (Lipinski definition) is 2. The van der Waals surface area contributed by atoms with E-state index >= 15 is 0 Å². The number of carbonyl (C=O) groups excluding carboxylic acids is 2. The Balaban J connectivity index is 1.72. The maximum atomic E-state index is 13.0. The molecule has 0 aliphatic rings. The van der Waals surface area contributed by atoms with Crippen LogP contribution < -0.4 is 25.1 Å². The van der Waals surface area contributed by atoms with Crippen molar-refractivity contribution in [1.29, 1.82) is 0 Å². The van der Waals surface area contributed by atoms with Crippen molar-refractivity contribution < 1.29 is 28.2 Å². The Bertz CT molecular complexity index is 767. The Morgan fingerprint density at radius 1 is 1.00 bits per heavy atom. The summed E-state index contributed by atoms with van der Waals surface area (Å²) < 4.78 is 29.0. The Morgan fingerprint density at radius 3 is 2.37 bits per heavy atom. The molecule has 0 radical (unpaired) electrons. The summed E-state index contributed by atoms with van der Waals surface area (Å²) >= 11 is 0. The van der Waals surface area contributed by atoms with Crippen molar-refractivity contribution >= 4 is 11.8 Å². The molecule has 2 aromatic carbocycles. The van der Waals surface area contributed by atoms with Crippen LogP contribution in [0, 0.1) is 5.82 Å². The van der Waals surface area contributed by atoms with Gasteiger partial charge in [0, 0.05) is 6.07 Å². The van der Waals surface area contributed by atoms with Crippen molar-refractivity contribution in [1.82, 2.24) is 10.9 Å². The van der Waals surface area contributed by atoms with E-state index in [-0.39, 0.29) is 12.4 Å². The van der Waals surface area contributed by atoms with E-state index in [1.54, 1.807) is 31.2 Å². The number of hydrogen-bond acceptors (Lipinski definition) is 5. The van der Waals surface area contributed by atoms with E-state index in [0.717, 1.165) is 6.07 Å². The van der Waals surface area contributed by atoms with Gasteiger partial charge >= 0.3 is 0 Å². The van der Waals surface area contributed by atoms with Gasteiger partial charge in [-0.05, 0) is 50.2 Å². The van der Waals surface area contributed by atoms with Gasteiger partial charge in [-0.2, -0.15) is 0 Å². The Labute approximate surface area is 156 Å². The first-order valence-corrected chi connectivity index (χ1v) is 8.34. The topological polar surface area (TPSA) is 85.9 Å². The molecule has 0 bridgehead atoms. The van der Waals surface area contributed by atoms with E-state index in [1.165, 1.54) is 18.2 Å². The minimum atomic E-state index is -0.840. The first-order valence-electron chi connectivity index (χ1n) is 8.34. The fraction of sp³-hybridized carbons (Fsp3) is 0.263. The van der Waals surface area contributed by atoms with Crippen LogP contribution in [0.1, 0.15) is 13.8 Å². The lowest BCUT2D eigenvalue weighted by Gasteiger charge is -2.15. The maximum absolute atomic E-state index is 13.0. The summed E-state index contributed by atoms with van der Waals surface area (Å²) in [6.45, 7) is 3.61. The number of rotatable bonds is 8. The summed E-state index contributed by atoms with van der Waals surface area (Å²) in [4.78, 5) is 23.7. The molecule has 2 aromatic rings. The Morgan fingerprint density at radius 2 is 1.70 bits per heavy atom. The number of carbonyl (C=O) groups is 2. The zero-order valence-corrected chi connectivity index (χ0v) is 15.0. The maximum Gasteiger partial charge on any atom is 0.279 e. The molecule has 0 aliphatic carbocycles. The molecule has 144 valence electrons. The van der Waals surface area contributed by atoms with Gasteiger partial charge in [-0.1, -0.05) is 6.07 Å². The third-order valence-electron chi connectivity index (χ3n) is 3.31. The van der Waals surface area contributed by atoms with Gasteiger partial charge in [-0.15, -0.1) is 0 Å². The number of ether oxygens (including phenoxy) is 3. The van der Waals surface area contributed by atoms with Crippen molar-refractivity contribution in [3.8, 4) is 17.2 Å². The molecule has 0 fully saturated rings. The SMILES string of the molecule is CCOc1ccc(O[C@@H](C)C(=O)NNC(=O)COc2cccc(F)c2)cc1. The highest BCUT2D eigenvalue weighted by Gasteiger charge is 2.15. The lowest BCUT2D eigenvalue weighted by Crippen LogP contribution is -2.48. The molecular weight excluding hydrogens is 355 g/mol. The molecule has 2 rings (SSSR count). The first-order chi connectivity index (χ1) is 13.0. The molecule has 0 saturated carbocycles. The van der Waals surface area contributed by atoms with Crippen molar-refractivity contribution in [3.63, 3.8) is 0 Å². The summed E-state index contributed by atoms with van der Waals surface area (Å²) in [5.74, 6) is -0.205. The quantitative estimate of drug-likeness (QED) is 0.690. The van der Waals surface area contributed by atoms with E-state index in [4.69, 9.17) is 14.2 Å². The number of nitrogens with one attached hydrogen (secondary N) is 2. The van der Waals surface area contributed by atoms with Gasteiger partial charge in [0.05, 0.1) is 6.61 Å². The molecule has 7 nitrogen and oxygen atoms in total. The standard InChI is InChI=1S/C19H21FN2O5/c1-3-25-15-7-9-16(10-8-15)27-13(2)19(24)22-21-18(23)12-26-17-6-4-5-14(20)11-17/h4-11,13H,3,12H2,1-2H3,(H,21,23)(H,22,24)/t13-/m0/s1. The highest BCUT2D eigenvalue weighted by Crippen LogP contribution is 2.18. The molecule has 0 unspecified atom stereocenters. The van der Waals surface area contributed by atoms with E-state index < -0.39 is 23.7 Å².